The molecule has 0 fully saturated rings. The summed E-state index contributed by atoms with van der Waals surface area (Å²) in [5, 5.41) is 0. The second-order valence-corrected chi connectivity index (χ2v) is 5.48. The molecule has 0 N–H and O–H groups in total. The molecular formula is C17H22N2O5. The van der Waals surface area contributed by atoms with E-state index >= 15 is 0 Å². The second-order valence-electron chi connectivity index (χ2n) is 5.48. The van der Waals surface area contributed by atoms with E-state index in [0.29, 0.717) is 5.75 Å². The summed E-state index contributed by atoms with van der Waals surface area (Å²) in [5.41, 5.74) is 0.801. The number of methoxy groups -OCH3 is 1. The fourth-order valence-corrected chi connectivity index (χ4v) is 1.75. The number of ether oxygens (including phenoxy) is 3. The molecule has 1 aromatic carbocycles. The first-order valence-corrected chi connectivity index (χ1v) is 7.49. The molecule has 130 valence electrons. The van der Waals surface area contributed by atoms with Crippen LogP contribution >= 0.6 is 0 Å². The van der Waals surface area contributed by atoms with E-state index in [4.69, 9.17) is 16.0 Å². The summed E-state index contributed by atoms with van der Waals surface area (Å²) >= 11 is 0. The molecule has 0 aliphatic carbocycles. The van der Waals surface area contributed by atoms with Crippen molar-refractivity contribution >= 4 is 12.1 Å². The van der Waals surface area contributed by atoms with Gasteiger partial charge < -0.3 is 14.2 Å². The van der Waals surface area contributed by atoms with Crippen LogP contribution < -0.4 is 4.74 Å². The molecule has 1 rings (SSSR count). The molecule has 0 aliphatic rings. The summed E-state index contributed by atoms with van der Waals surface area (Å²) in [7, 11) is 1.27. The quantitative estimate of drug-likeness (QED) is 0.540. The molecule has 0 saturated carbocycles. The number of carbonyl (C=O) groups is 2. The first-order chi connectivity index (χ1) is 11.5. The summed E-state index contributed by atoms with van der Waals surface area (Å²) in [6.07, 6.45) is -0.567. The average molecular weight is 334 g/mol. The maximum absolute atomic E-state index is 12.1. The van der Waals surface area contributed by atoms with Crippen LogP contribution in [0.15, 0.2) is 24.3 Å². The molecule has 0 spiro atoms. The van der Waals surface area contributed by atoms with Gasteiger partial charge in [0.1, 0.15) is 12.3 Å². The first-order valence-electron chi connectivity index (χ1n) is 7.49. The Balaban J connectivity index is 2.74. The highest BCUT2D eigenvalue weighted by Crippen LogP contribution is 2.14. The normalized spacial score (nSPS) is 9.96. The molecule has 24 heavy (non-hydrogen) atoms. The number of amides is 1. The molecule has 0 heterocycles. The van der Waals surface area contributed by atoms with Crippen LogP contribution in [0.3, 0.4) is 0 Å². The minimum absolute atomic E-state index is 0.0463. The van der Waals surface area contributed by atoms with Gasteiger partial charge in [0.25, 0.3) is 0 Å². The molecule has 0 unspecified atom stereocenters. The van der Waals surface area contributed by atoms with Crippen molar-refractivity contribution in [1.82, 2.24) is 4.90 Å². The standard InChI is InChI=1S/C17H22N2O5/c1-13(2)11-23-17(21)19(10-16(20)22-4)9-14-5-7-15(8-6-14)24-12-18-3/h5-8,13H,9-12H2,1-2,4H3. The molecular weight excluding hydrogens is 312 g/mol. The van der Waals surface area contributed by atoms with Gasteiger partial charge in [0.2, 0.25) is 0 Å². The van der Waals surface area contributed by atoms with E-state index in [2.05, 4.69) is 9.58 Å². The Kier molecular flexibility index (Phi) is 8.13. The molecule has 0 radical (unpaired) electrons. The third kappa shape index (κ3) is 7.01. The van der Waals surface area contributed by atoms with E-state index in [1.807, 2.05) is 13.8 Å². The monoisotopic (exact) mass is 334 g/mol. The number of benzene rings is 1. The maximum Gasteiger partial charge on any atom is 0.410 e. The summed E-state index contributed by atoms with van der Waals surface area (Å²) in [5.74, 6) is 0.248. The van der Waals surface area contributed by atoms with Crippen molar-refractivity contribution in [3.8, 4) is 5.75 Å². The summed E-state index contributed by atoms with van der Waals surface area (Å²) in [6.45, 7) is 10.8. The lowest BCUT2D eigenvalue weighted by Crippen LogP contribution is -2.36. The molecule has 0 atom stereocenters. The third-order valence-corrected chi connectivity index (χ3v) is 2.94. The molecule has 1 amide bonds. The Morgan fingerprint density at radius 2 is 1.92 bits per heavy atom. The Hall–Kier alpha value is -2.75. The fourth-order valence-electron chi connectivity index (χ4n) is 1.75. The second kappa shape index (κ2) is 10.1. The number of rotatable bonds is 8. The van der Waals surface area contributed by atoms with Crippen LogP contribution in [0.2, 0.25) is 0 Å². The van der Waals surface area contributed by atoms with Crippen molar-refractivity contribution in [3.63, 3.8) is 0 Å². The van der Waals surface area contributed by atoms with Crippen LogP contribution in [0.4, 0.5) is 4.79 Å². The van der Waals surface area contributed by atoms with Gasteiger partial charge in [-0.2, -0.15) is 0 Å². The zero-order valence-corrected chi connectivity index (χ0v) is 14.2. The van der Waals surface area contributed by atoms with Crippen molar-refractivity contribution in [2.45, 2.75) is 20.4 Å². The highest BCUT2D eigenvalue weighted by atomic mass is 16.6. The van der Waals surface area contributed by atoms with E-state index in [9.17, 15) is 9.59 Å². The van der Waals surface area contributed by atoms with Crippen LogP contribution in [-0.2, 0) is 20.8 Å². The zero-order chi connectivity index (χ0) is 17.9. The van der Waals surface area contributed by atoms with Gasteiger partial charge in [-0.1, -0.05) is 26.0 Å². The van der Waals surface area contributed by atoms with Crippen molar-refractivity contribution in [3.05, 3.63) is 41.2 Å². The molecule has 7 heteroatoms. The lowest BCUT2D eigenvalue weighted by atomic mass is 10.2. The Labute approximate surface area is 141 Å². The lowest BCUT2D eigenvalue weighted by molar-refractivity contribution is -0.141. The number of hydrogen-bond acceptors (Lipinski definition) is 5. The van der Waals surface area contributed by atoms with Crippen molar-refractivity contribution in [2.24, 2.45) is 5.92 Å². The fraction of sp³-hybridized carbons (Fsp3) is 0.471. The van der Waals surface area contributed by atoms with Gasteiger partial charge in [-0.05, 0) is 23.6 Å². The van der Waals surface area contributed by atoms with Gasteiger partial charge in [-0.15, -0.1) is 0 Å². The predicted molar refractivity (Wildman–Crippen MR) is 87.2 cm³/mol. The summed E-state index contributed by atoms with van der Waals surface area (Å²) < 4.78 is 15.0. The molecule has 1 aromatic rings. The molecule has 0 aliphatic heterocycles. The van der Waals surface area contributed by atoms with Gasteiger partial charge in [0.05, 0.1) is 13.7 Å². The van der Waals surface area contributed by atoms with E-state index in [-0.39, 0.29) is 32.3 Å². The topological polar surface area (TPSA) is 69.4 Å². The van der Waals surface area contributed by atoms with Gasteiger partial charge in [-0.3, -0.25) is 14.5 Å². The van der Waals surface area contributed by atoms with Crippen LogP contribution in [-0.4, -0.2) is 44.0 Å². The van der Waals surface area contributed by atoms with Crippen LogP contribution in [0.25, 0.3) is 4.85 Å². The minimum atomic E-state index is -0.567. The van der Waals surface area contributed by atoms with Gasteiger partial charge in [0, 0.05) is 6.54 Å². The number of hydrogen-bond donors (Lipinski definition) is 0. The Morgan fingerprint density at radius 1 is 1.25 bits per heavy atom. The van der Waals surface area contributed by atoms with E-state index in [1.54, 1.807) is 24.3 Å². The number of esters is 1. The smallest absolute Gasteiger partial charge is 0.410 e. The number of carbonyl (C=O) groups excluding carboxylic acids is 2. The molecule has 7 nitrogen and oxygen atoms in total. The van der Waals surface area contributed by atoms with Gasteiger partial charge in [0.15, 0.2) is 0 Å². The maximum atomic E-state index is 12.1. The van der Waals surface area contributed by atoms with Gasteiger partial charge >= 0.3 is 18.8 Å². The third-order valence-electron chi connectivity index (χ3n) is 2.94. The van der Waals surface area contributed by atoms with Crippen LogP contribution in [0.5, 0.6) is 5.75 Å². The highest BCUT2D eigenvalue weighted by molar-refractivity contribution is 5.78. The lowest BCUT2D eigenvalue weighted by Gasteiger charge is -2.21. The summed E-state index contributed by atoms with van der Waals surface area (Å²) in [6, 6.07) is 6.94. The Morgan fingerprint density at radius 3 is 2.46 bits per heavy atom. The van der Waals surface area contributed by atoms with Crippen LogP contribution in [0, 0.1) is 12.5 Å². The van der Waals surface area contributed by atoms with Crippen LogP contribution in [0.1, 0.15) is 19.4 Å². The first kappa shape index (κ1) is 19.3. The highest BCUT2D eigenvalue weighted by Gasteiger charge is 2.20. The van der Waals surface area contributed by atoms with E-state index < -0.39 is 12.1 Å². The van der Waals surface area contributed by atoms with Gasteiger partial charge in [-0.25, -0.2) is 11.4 Å². The molecule has 0 bridgehead atoms. The number of nitrogens with zero attached hydrogens (tertiary/aromatic N) is 2. The van der Waals surface area contributed by atoms with Crippen molar-refractivity contribution < 1.29 is 23.8 Å². The SMILES string of the molecule is [C-]#[N+]COc1ccc(CN(CC(=O)OC)C(=O)OCC(C)C)cc1. The summed E-state index contributed by atoms with van der Waals surface area (Å²) in [4.78, 5) is 28.0. The van der Waals surface area contributed by atoms with Crippen molar-refractivity contribution in [2.75, 3.05) is 27.0 Å². The van der Waals surface area contributed by atoms with Crippen molar-refractivity contribution in [1.29, 1.82) is 0 Å². The minimum Gasteiger partial charge on any atom is -0.468 e. The molecule has 0 saturated heterocycles. The predicted octanol–water partition coefficient (Wildman–Crippen LogP) is 2.71. The average Bonchev–Trinajstić information content (AvgIpc) is 2.58. The largest absolute Gasteiger partial charge is 0.468 e. The van der Waals surface area contributed by atoms with E-state index in [1.165, 1.54) is 12.0 Å². The van der Waals surface area contributed by atoms with E-state index in [0.717, 1.165) is 5.56 Å². The molecule has 0 aromatic heterocycles. The Bertz CT molecular complexity index is 578. The zero-order valence-electron chi connectivity index (χ0n) is 14.2.